The zero-order valence-electron chi connectivity index (χ0n) is 20.3. The summed E-state index contributed by atoms with van der Waals surface area (Å²) in [5, 5.41) is 0. The van der Waals surface area contributed by atoms with Gasteiger partial charge in [-0.15, -0.1) is 0 Å². The number of morpholine rings is 1. The molecule has 8 nitrogen and oxygen atoms in total. The van der Waals surface area contributed by atoms with Crippen LogP contribution in [0.5, 0.6) is 0 Å². The van der Waals surface area contributed by atoms with Crippen LogP contribution in [0.25, 0.3) is 0 Å². The molecule has 0 unspecified atom stereocenters. The number of H-pyrrole nitrogens is 1. The van der Waals surface area contributed by atoms with Crippen molar-refractivity contribution >= 4 is 11.9 Å². The summed E-state index contributed by atoms with van der Waals surface area (Å²) in [6, 6.07) is 10.6. The molecule has 3 heterocycles. The molecule has 2 saturated heterocycles. The Kier molecular flexibility index (Phi) is 8.71. The molecular weight excluding hydrogens is 430 g/mol. The van der Waals surface area contributed by atoms with Gasteiger partial charge >= 0.3 is 0 Å². The monoisotopic (exact) mass is 467 g/mol. The molecule has 1 amide bonds. The summed E-state index contributed by atoms with van der Waals surface area (Å²) in [5.74, 6) is 0.725. The molecule has 0 aliphatic carbocycles. The highest BCUT2D eigenvalue weighted by molar-refractivity contribution is 5.76. The first kappa shape index (κ1) is 24.4. The van der Waals surface area contributed by atoms with Gasteiger partial charge in [-0.3, -0.25) is 14.6 Å². The van der Waals surface area contributed by atoms with Crippen LogP contribution in [0.1, 0.15) is 36.1 Å². The summed E-state index contributed by atoms with van der Waals surface area (Å²) in [5.41, 5.74) is 2.57. The summed E-state index contributed by atoms with van der Waals surface area (Å²) in [6.45, 7) is 9.13. The molecule has 1 aromatic heterocycles. The minimum atomic E-state index is -0.137. The molecule has 2 fully saturated rings. The van der Waals surface area contributed by atoms with E-state index in [1.807, 2.05) is 16.7 Å². The van der Waals surface area contributed by atoms with Crippen LogP contribution in [0.2, 0.25) is 0 Å². The third kappa shape index (κ3) is 6.67. The van der Waals surface area contributed by atoms with Crippen LogP contribution < -0.4 is 10.5 Å². The van der Waals surface area contributed by atoms with Crippen LogP contribution >= 0.6 is 0 Å². The molecule has 0 bridgehead atoms. The van der Waals surface area contributed by atoms with Crippen LogP contribution in [0.4, 0.5) is 5.95 Å². The summed E-state index contributed by atoms with van der Waals surface area (Å²) < 4.78 is 5.37. The van der Waals surface area contributed by atoms with Crippen LogP contribution in [0.3, 0.4) is 0 Å². The van der Waals surface area contributed by atoms with Gasteiger partial charge in [0.15, 0.2) is 0 Å². The number of aromatic nitrogens is 2. The van der Waals surface area contributed by atoms with E-state index >= 15 is 0 Å². The molecule has 1 aromatic carbocycles. The van der Waals surface area contributed by atoms with Gasteiger partial charge in [0.1, 0.15) is 0 Å². The Balaban J connectivity index is 1.24. The number of rotatable bonds is 8. The van der Waals surface area contributed by atoms with Crippen molar-refractivity contribution in [1.29, 1.82) is 0 Å². The van der Waals surface area contributed by atoms with Crippen molar-refractivity contribution in [2.45, 2.75) is 39.0 Å². The minimum absolute atomic E-state index is 0.127. The van der Waals surface area contributed by atoms with E-state index in [0.29, 0.717) is 43.3 Å². The summed E-state index contributed by atoms with van der Waals surface area (Å²) in [6.07, 6.45) is 3.98. The maximum absolute atomic E-state index is 12.9. The number of nitrogens with one attached hydrogen (secondary N) is 1. The molecule has 2 aliphatic rings. The van der Waals surface area contributed by atoms with Crippen molar-refractivity contribution in [3.63, 3.8) is 0 Å². The van der Waals surface area contributed by atoms with Gasteiger partial charge in [-0.2, -0.15) is 0 Å². The quantitative estimate of drug-likeness (QED) is 0.640. The number of ether oxygens (including phenoxy) is 1. The first-order valence-electron chi connectivity index (χ1n) is 12.6. The Morgan fingerprint density at radius 2 is 1.82 bits per heavy atom. The van der Waals surface area contributed by atoms with Crippen molar-refractivity contribution < 1.29 is 9.53 Å². The van der Waals surface area contributed by atoms with E-state index in [1.165, 1.54) is 5.56 Å². The molecule has 1 N–H and O–H groups in total. The van der Waals surface area contributed by atoms with Crippen LogP contribution in [0.15, 0.2) is 35.1 Å². The van der Waals surface area contributed by atoms with E-state index in [0.717, 1.165) is 65.1 Å². The second-order valence-corrected chi connectivity index (χ2v) is 9.22. The summed E-state index contributed by atoms with van der Waals surface area (Å²) in [4.78, 5) is 39.6. The first-order valence-corrected chi connectivity index (χ1v) is 12.6. The third-order valence-corrected chi connectivity index (χ3v) is 6.83. The maximum atomic E-state index is 12.9. The second-order valence-electron chi connectivity index (χ2n) is 9.22. The van der Waals surface area contributed by atoms with Crippen molar-refractivity contribution in [2.24, 2.45) is 0 Å². The highest BCUT2D eigenvalue weighted by Gasteiger charge is 2.21. The van der Waals surface area contributed by atoms with Gasteiger partial charge in [0, 0.05) is 50.4 Å². The topological polar surface area (TPSA) is 81.8 Å². The number of aromatic amines is 1. The number of carbonyl (C=O) groups is 1. The van der Waals surface area contributed by atoms with Crippen molar-refractivity contribution in [3.05, 3.63) is 57.5 Å². The summed E-state index contributed by atoms with van der Waals surface area (Å²) in [7, 11) is 0. The van der Waals surface area contributed by atoms with Gasteiger partial charge < -0.3 is 19.4 Å². The van der Waals surface area contributed by atoms with E-state index in [1.54, 1.807) is 0 Å². The van der Waals surface area contributed by atoms with Gasteiger partial charge in [0.25, 0.3) is 5.56 Å². The average Bonchev–Trinajstić information content (AvgIpc) is 3.10. The average molecular weight is 468 g/mol. The normalized spacial score (nSPS) is 17.6. The number of anilines is 1. The summed E-state index contributed by atoms with van der Waals surface area (Å²) >= 11 is 0. The Morgan fingerprint density at radius 1 is 1.03 bits per heavy atom. The molecule has 8 heteroatoms. The molecular formula is C26H37N5O3. The standard InChI is InChI=1S/C26H37N5O3/c1-21-23(25(33)28-26(27-21)31-17-19-34-20-18-31)10-11-24(32)30-14-6-13-29(15-16-30)12-5-9-22-7-3-2-4-8-22/h2-4,7-8H,5-6,9-20H2,1H3,(H,27,28,33). The van der Waals surface area contributed by atoms with Gasteiger partial charge in [-0.25, -0.2) is 4.98 Å². The minimum Gasteiger partial charge on any atom is -0.378 e. The number of aryl methyl sites for hydroxylation is 2. The van der Waals surface area contributed by atoms with Gasteiger partial charge in [-0.1, -0.05) is 30.3 Å². The van der Waals surface area contributed by atoms with E-state index in [4.69, 9.17) is 4.74 Å². The van der Waals surface area contributed by atoms with E-state index in [9.17, 15) is 9.59 Å². The largest absolute Gasteiger partial charge is 0.378 e. The Morgan fingerprint density at radius 3 is 2.59 bits per heavy atom. The molecule has 4 rings (SSSR count). The second kappa shape index (κ2) is 12.1. The lowest BCUT2D eigenvalue weighted by Crippen LogP contribution is -2.39. The smallest absolute Gasteiger partial charge is 0.255 e. The van der Waals surface area contributed by atoms with Gasteiger partial charge in [0.2, 0.25) is 11.9 Å². The lowest BCUT2D eigenvalue weighted by molar-refractivity contribution is -0.131. The number of hydrogen-bond acceptors (Lipinski definition) is 6. The Hall–Kier alpha value is -2.71. The van der Waals surface area contributed by atoms with E-state index < -0.39 is 0 Å². The van der Waals surface area contributed by atoms with E-state index in [2.05, 4.69) is 45.2 Å². The van der Waals surface area contributed by atoms with Crippen molar-refractivity contribution in [2.75, 3.05) is 63.9 Å². The predicted molar refractivity (Wildman–Crippen MR) is 133 cm³/mol. The van der Waals surface area contributed by atoms with Gasteiger partial charge in [-0.05, 0) is 51.3 Å². The van der Waals surface area contributed by atoms with E-state index in [-0.39, 0.29) is 11.5 Å². The SMILES string of the molecule is Cc1nc(N2CCOCC2)[nH]c(=O)c1CCC(=O)N1CCCN(CCCc2ccccc2)CC1. The third-order valence-electron chi connectivity index (χ3n) is 6.83. The lowest BCUT2D eigenvalue weighted by Gasteiger charge is -2.27. The fourth-order valence-corrected chi connectivity index (χ4v) is 4.80. The zero-order chi connectivity index (χ0) is 23.8. The molecule has 184 valence electrons. The van der Waals surface area contributed by atoms with Crippen molar-refractivity contribution in [1.82, 2.24) is 19.8 Å². The zero-order valence-corrected chi connectivity index (χ0v) is 20.3. The predicted octanol–water partition coefficient (Wildman–Crippen LogP) is 2.01. The fourth-order valence-electron chi connectivity index (χ4n) is 4.80. The molecule has 0 spiro atoms. The first-order chi connectivity index (χ1) is 16.6. The molecule has 34 heavy (non-hydrogen) atoms. The number of amides is 1. The molecule has 2 aromatic rings. The maximum Gasteiger partial charge on any atom is 0.255 e. The lowest BCUT2D eigenvalue weighted by atomic mass is 10.1. The molecule has 0 saturated carbocycles. The molecule has 2 aliphatic heterocycles. The molecule has 0 atom stereocenters. The van der Waals surface area contributed by atoms with Crippen LogP contribution in [-0.4, -0.2) is 84.7 Å². The number of nitrogens with zero attached hydrogens (tertiary/aromatic N) is 4. The van der Waals surface area contributed by atoms with Crippen LogP contribution in [-0.2, 0) is 22.4 Å². The highest BCUT2D eigenvalue weighted by Crippen LogP contribution is 2.13. The fraction of sp³-hybridized carbons (Fsp3) is 0.577. The Labute approximate surface area is 201 Å². The number of hydrogen-bond donors (Lipinski definition) is 1. The van der Waals surface area contributed by atoms with Crippen molar-refractivity contribution in [3.8, 4) is 0 Å². The highest BCUT2D eigenvalue weighted by atomic mass is 16.5. The van der Waals surface area contributed by atoms with Gasteiger partial charge in [0.05, 0.1) is 13.2 Å². The van der Waals surface area contributed by atoms with Crippen LogP contribution in [0, 0.1) is 6.92 Å². The number of carbonyl (C=O) groups excluding carboxylic acids is 1. The Bertz CT molecular complexity index is 988. The number of benzene rings is 1. The molecule has 0 radical (unpaired) electrons.